The normalized spacial score (nSPS) is 16.0. The van der Waals surface area contributed by atoms with E-state index in [1.165, 1.54) is 0 Å². The average molecular weight is 285 g/mol. The van der Waals surface area contributed by atoms with Gasteiger partial charge in [0.2, 0.25) is 5.95 Å². The number of anilines is 1. The molecule has 6 heteroatoms. The van der Waals surface area contributed by atoms with E-state index in [2.05, 4.69) is 30.8 Å². The molecule has 0 amide bonds. The van der Waals surface area contributed by atoms with Crippen LogP contribution in [0.1, 0.15) is 5.69 Å². The third-order valence-electron chi connectivity index (χ3n) is 3.62. The van der Waals surface area contributed by atoms with Gasteiger partial charge in [-0.25, -0.2) is 9.97 Å². The maximum absolute atomic E-state index is 5.08. The van der Waals surface area contributed by atoms with Crippen molar-refractivity contribution in [2.75, 3.05) is 38.2 Å². The van der Waals surface area contributed by atoms with Crippen LogP contribution in [0.25, 0.3) is 0 Å². The van der Waals surface area contributed by atoms with Crippen LogP contribution in [0.15, 0.2) is 36.8 Å². The number of piperazine rings is 1. The van der Waals surface area contributed by atoms with E-state index in [9.17, 15) is 0 Å². The second kappa shape index (κ2) is 6.49. The smallest absolute Gasteiger partial charge is 0.225 e. The van der Waals surface area contributed by atoms with Gasteiger partial charge in [-0.1, -0.05) is 6.07 Å². The SMILES string of the molecule is COc1cnc(N2CCN(Cc3ccccn3)CC2)nc1. The first kappa shape index (κ1) is 13.8. The zero-order chi connectivity index (χ0) is 14.5. The largest absolute Gasteiger partial charge is 0.494 e. The van der Waals surface area contributed by atoms with Gasteiger partial charge in [-0.3, -0.25) is 9.88 Å². The van der Waals surface area contributed by atoms with Gasteiger partial charge in [0, 0.05) is 38.9 Å². The van der Waals surface area contributed by atoms with Crippen LogP contribution < -0.4 is 9.64 Å². The minimum atomic E-state index is 0.688. The van der Waals surface area contributed by atoms with Crippen molar-refractivity contribution in [1.29, 1.82) is 0 Å². The van der Waals surface area contributed by atoms with E-state index >= 15 is 0 Å². The Morgan fingerprint density at radius 1 is 1.05 bits per heavy atom. The molecule has 1 saturated heterocycles. The van der Waals surface area contributed by atoms with E-state index in [1.807, 2.05) is 18.3 Å². The monoisotopic (exact) mass is 285 g/mol. The summed E-state index contributed by atoms with van der Waals surface area (Å²) < 4.78 is 5.08. The van der Waals surface area contributed by atoms with E-state index in [0.717, 1.165) is 44.4 Å². The highest BCUT2D eigenvalue weighted by atomic mass is 16.5. The molecule has 0 radical (unpaired) electrons. The zero-order valence-corrected chi connectivity index (χ0v) is 12.1. The summed E-state index contributed by atoms with van der Waals surface area (Å²) in [6.07, 6.45) is 5.27. The number of methoxy groups -OCH3 is 1. The molecule has 0 unspecified atom stereocenters. The number of hydrogen-bond donors (Lipinski definition) is 0. The Balaban J connectivity index is 1.54. The molecule has 1 aliphatic rings. The molecule has 0 saturated carbocycles. The molecule has 2 aromatic rings. The highest BCUT2D eigenvalue weighted by Gasteiger charge is 2.19. The van der Waals surface area contributed by atoms with Crippen LogP contribution in [-0.2, 0) is 6.54 Å². The van der Waals surface area contributed by atoms with Gasteiger partial charge in [-0.05, 0) is 12.1 Å². The second-order valence-electron chi connectivity index (χ2n) is 5.01. The van der Waals surface area contributed by atoms with Crippen LogP contribution in [0.5, 0.6) is 5.75 Å². The fourth-order valence-corrected chi connectivity index (χ4v) is 2.40. The van der Waals surface area contributed by atoms with Crippen molar-refractivity contribution in [2.45, 2.75) is 6.54 Å². The van der Waals surface area contributed by atoms with E-state index in [4.69, 9.17) is 4.74 Å². The van der Waals surface area contributed by atoms with Crippen molar-refractivity contribution in [3.8, 4) is 5.75 Å². The van der Waals surface area contributed by atoms with Crippen molar-refractivity contribution < 1.29 is 4.74 Å². The average Bonchev–Trinajstić information content (AvgIpc) is 2.57. The molecule has 0 bridgehead atoms. The van der Waals surface area contributed by atoms with Crippen molar-refractivity contribution in [1.82, 2.24) is 19.9 Å². The van der Waals surface area contributed by atoms with Crippen LogP contribution in [0.3, 0.4) is 0 Å². The summed E-state index contributed by atoms with van der Waals surface area (Å²) in [6.45, 7) is 4.74. The van der Waals surface area contributed by atoms with Crippen LogP contribution in [-0.4, -0.2) is 53.1 Å². The lowest BCUT2D eigenvalue weighted by molar-refractivity contribution is 0.246. The quantitative estimate of drug-likeness (QED) is 0.841. The zero-order valence-electron chi connectivity index (χ0n) is 12.1. The molecule has 21 heavy (non-hydrogen) atoms. The molecule has 0 N–H and O–H groups in total. The maximum atomic E-state index is 5.08. The van der Waals surface area contributed by atoms with Gasteiger partial charge in [-0.15, -0.1) is 0 Å². The van der Waals surface area contributed by atoms with E-state index in [1.54, 1.807) is 19.5 Å². The molecule has 110 valence electrons. The van der Waals surface area contributed by atoms with E-state index in [0.29, 0.717) is 5.75 Å². The summed E-state index contributed by atoms with van der Waals surface area (Å²) >= 11 is 0. The highest BCUT2D eigenvalue weighted by Crippen LogP contribution is 2.14. The predicted molar refractivity (Wildman–Crippen MR) is 80.3 cm³/mol. The lowest BCUT2D eigenvalue weighted by Crippen LogP contribution is -2.46. The Morgan fingerprint density at radius 3 is 2.43 bits per heavy atom. The summed E-state index contributed by atoms with van der Waals surface area (Å²) in [5.74, 6) is 1.46. The fourth-order valence-electron chi connectivity index (χ4n) is 2.40. The van der Waals surface area contributed by atoms with E-state index in [-0.39, 0.29) is 0 Å². The molecular formula is C15H19N5O. The summed E-state index contributed by atoms with van der Waals surface area (Å²) in [6, 6.07) is 6.05. The first-order valence-corrected chi connectivity index (χ1v) is 7.08. The fraction of sp³-hybridized carbons (Fsp3) is 0.400. The topological polar surface area (TPSA) is 54.4 Å². The Morgan fingerprint density at radius 2 is 1.81 bits per heavy atom. The third-order valence-corrected chi connectivity index (χ3v) is 3.62. The first-order valence-electron chi connectivity index (χ1n) is 7.08. The summed E-state index contributed by atoms with van der Waals surface area (Å²) in [4.78, 5) is 17.7. The number of rotatable bonds is 4. The van der Waals surface area contributed by atoms with Crippen LogP contribution >= 0.6 is 0 Å². The molecule has 0 aromatic carbocycles. The number of hydrogen-bond acceptors (Lipinski definition) is 6. The Kier molecular flexibility index (Phi) is 4.25. The van der Waals surface area contributed by atoms with Gasteiger partial charge in [-0.2, -0.15) is 0 Å². The molecule has 0 spiro atoms. The van der Waals surface area contributed by atoms with Gasteiger partial charge in [0.25, 0.3) is 0 Å². The Labute approximate surface area is 124 Å². The van der Waals surface area contributed by atoms with Crippen molar-refractivity contribution >= 4 is 5.95 Å². The Hall–Kier alpha value is -2.21. The van der Waals surface area contributed by atoms with Crippen LogP contribution in [0.2, 0.25) is 0 Å². The minimum Gasteiger partial charge on any atom is -0.494 e. The van der Waals surface area contributed by atoms with Gasteiger partial charge >= 0.3 is 0 Å². The molecule has 2 aromatic heterocycles. The minimum absolute atomic E-state index is 0.688. The molecule has 3 heterocycles. The van der Waals surface area contributed by atoms with Crippen LogP contribution in [0, 0.1) is 0 Å². The maximum Gasteiger partial charge on any atom is 0.225 e. The van der Waals surface area contributed by atoms with Gasteiger partial charge in [0.1, 0.15) is 0 Å². The summed E-state index contributed by atoms with van der Waals surface area (Å²) in [5, 5.41) is 0. The molecule has 0 atom stereocenters. The molecule has 6 nitrogen and oxygen atoms in total. The van der Waals surface area contributed by atoms with Crippen LogP contribution in [0.4, 0.5) is 5.95 Å². The van der Waals surface area contributed by atoms with Crippen molar-refractivity contribution in [2.24, 2.45) is 0 Å². The Bertz CT molecular complexity index is 552. The standard InChI is InChI=1S/C15H19N5O/c1-21-14-10-17-15(18-11-14)20-8-6-19(7-9-20)12-13-4-2-3-5-16-13/h2-5,10-11H,6-9,12H2,1H3. The highest BCUT2D eigenvalue weighted by molar-refractivity contribution is 5.32. The third kappa shape index (κ3) is 3.46. The van der Waals surface area contributed by atoms with Crippen molar-refractivity contribution in [3.63, 3.8) is 0 Å². The second-order valence-corrected chi connectivity index (χ2v) is 5.01. The van der Waals surface area contributed by atoms with Gasteiger partial charge < -0.3 is 9.64 Å². The number of aromatic nitrogens is 3. The first-order chi connectivity index (χ1) is 10.3. The summed E-state index contributed by atoms with van der Waals surface area (Å²) in [5.41, 5.74) is 1.12. The number of ether oxygens (including phenoxy) is 1. The number of pyridine rings is 1. The molecular weight excluding hydrogens is 266 g/mol. The van der Waals surface area contributed by atoms with Gasteiger partial charge in [0.15, 0.2) is 5.75 Å². The lowest BCUT2D eigenvalue weighted by atomic mass is 10.3. The molecule has 1 aliphatic heterocycles. The molecule has 1 fully saturated rings. The van der Waals surface area contributed by atoms with Crippen molar-refractivity contribution in [3.05, 3.63) is 42.5 Å². The van der Waals surface area contributed by atoms with Gasteiger partial charge in [0.05, 0.1) is 25.2 Å². The predicted octanol–water partition coefficient (Wildman–Crippen LogP) is 1.20. The lowest BCUT2D eigenvalue weighted by Gasteiger charge is -2.34. The number of nitrogens with zero attached hydrogens (tertiary/aromatic N) is 5. The van der Waals surface area contributed by atoms with E-state index < -0.39 is 0 Å². The summed E-state index contributed by atoms with van der Waals surface area (Å²) in [7, 11) is 1.62. The molecule has 0 aliphatic carbocycles. The molecule has 3 rings (SSSR count).